The molecule has 0 bridgehead atoms. The highest BCUT2D eigenvalue weighted by molar-refractivity contribution is 6.45. The summed E-state index contributed by atoms with van der Waals surface area (Å²) in [5, 5.41) is 3.95. The topological polar surface area (TPSA) is 117 Å². The Bertz CT molecular complexity index is 1340. The molecule has 0 aliphatic carbocycles. The van der Waals surface area contributed by atoms with E-state index in [2.05, 4.69) is 20.1 Å². The maximum Gasteiger partial charge on any atom is 0.295 e. The first kappa shape index (κ1) is 20.5. The van der Waals surface area contributed by atoms with Crippen molar-refractivity contribution in [1.29, 1.82) is 0 Å². The third-order valence-corrected chi connectivity index (χ3v) is 5.59. The third-order valence-electron chi connectivity index (χ3n) is 5.59. The van der Waals surface area contributed by atoms with Crippen LogP contribution in [0.5, 0.6) is 0 Å². The average Bonchev–Trinajstić information content (AvgIpc) is 3.55. The summed E-state index contributed by atoms with van der Waals surface area (Å²) in [5.74, 6) is -2.19. The molecule has 0 atom stereocenters. The number of fused-ring (bicyclic) bond motifs is 1. The number of H-pyrrole nitrogens is 1. The predicted octanol–water partition coefficient (Wildman–Crippen LogP) is 1.45. The second-order valence-corrected chi connectivity index (χ2v) is 7.50. The highest BCUT2D eigenvalue weighted by Gasteiger charge is 2.31. The van der Waals surface area contributed by atoms with E-state index in [1.54, 1.807) is 29.2 Å². The predicted molar refractivity (Wildman–Crippen MR) is 114 cm³/mol. The molecule has 1 N–H and O–H groups in total. The quantitative estimate of drug-likeness (QED) is 0.374. The largest absolute Gasteiger partial charge is 0.357 e. The Hall–Kier alpha value is -4.41. The highest BCUT2D eigenvalue weighted by Crippen LogP contribution is 2.26. The molecule has 1 saturated heterocycles. The molecule has 1 fully saturated rings. The second kappa shape index (κ2) is 8.26. The van der Waals surface area contributed by atoms with E-state index < -0.39 is 17.5 Å². The van der Waals surface area contributed by atoms with Gasteiger partial charge in [0.15, 0.2) is 11.6 Å². The van der Waals surface area contributed by atoms with Crippen LogP contribution in [0.25, 0.3) is 16.7 Å². The minimum Gasteiger partial charge on any atom is -0.357 e. The summed E-state index contributed by atoms with van der Waals surface area (Å²) in [6.07, 6.45) is 4.97. The number of nitrogens with one attached hydrogen (secondary N) is 1. The van der Waals surface area contributed by atoms with Crippen molar-refractivity contribution in [2.75, 3.05) is 26.2 Å². The number of aromatic amines is 1. The van der Waals surface area contributed by atoms with Crippen LogP contribution in [0.15, 0.2) is 55.4 Å². The number of pyridine rings is 1. The number of hydrogen-bond acceptors (Lipinski definition) is 6. The van der Waals surface area contributed by atoms with Crippen LogP contribution in [0.1, 0.15) is 20.7 Å². The first-order chi connectivity index (χ1) is 16.0. The summed E-state index contributed by atoms with van der Waals surface area (Å²) in [7, 11) is 0. The first-order valence-corrected chi connectivity index (χ1v) is 10.2. The lowest BCUT2D eigenvalue weighted by molar-refractivity contribution is -0.127. The Balaban J connectivity index is 1.34. The summed E-state index contributed by atoms with van der Waals surface area (Å²) in [6, 6.07) is 8.87. The molecular weight excluding hydrogens is 429 g/mol. The molecule has 0 spiro atoms. The number of hydrogen-bond donors (Lipinski definition) is 1. The zero-order valence-electron chi connectivity index (χ0n) is 17.3. The molecule has 1 aliphatic heterocycles. The number of carbonyl (C=O) groups is 3. The van der Waals surface area contributed by atoms with Crippen LogP contribution in [-0.4, -0.2) is 78.3 Å². The Labute approximate surface area is 186 Å². The monoisotopic (exact) mass is 447 g/mol. The Morgan fingerprint density at radius 3 is 2.42 bits per heavy atom. The molecule has 1 aliphatic rings. The van der Waals surface area contributed by atoms with E-state index in [1.807, 2.05) is 6.07 Å². The van der Waals surface area contributed by atoms with E-state index in [0.717, 1.165) is 6.20 Å². The smallest absolute Gasteiger partial charge is 0.295 e. The number of aromatic nitrogens is 5. The summed E-state index contributed by atoms with van der Waals surface area (Å²) in [5.41, 5.74) is 0.716. The van der Waals surface area contributed by atoms with Gasteiger partial charge in [0.25, 0.3) is 17.6 Å². The lowest BCUT2D eigenvalue weighted by Crippen LogP contribution is -2.52. The van der Waals surface area contributed by atoms with Gasteiger partial charge in [-0.3, -0.25) is 14.4 Å². The van der Waals surface area contributed by atoms with Gasteiger partial charge in [-0.15, -0.1) is 0 Å². The lowest BCUT2D eigenvalue weighted by atomic mass is 10.1. The molecule has 11 heteroatoms. The molecule has 4 aromatic rings. The minimum atomic E-state index is -0.835. The zero-order valence-corrected chi connectivity index (χ0v) is 17.3. The number of ketones is 1. The number of benzene rings is 1. The number of halogens is 1. The van der Waals surface area contributed by atoms with Gasteiger partial charge in [-0.05, 0) is 12.1 Å². The maximum absolute atomic E-state index is 14.6. The summed E-state index contributed by atoms with van der Waals surface area (Å²) >= 11 is 0. The van der Waals surface area contributed by atoms with E-state index in [4.69, 9.17) is 0 Å². The molecule has 1 aromatic carbocycles. The van der Waals surface area contributed by atoms with Crippen LogP contribution in [0.2, 0.25) is 0 Å². The van der Waals surface area contributed by atoms with Gasteiger partial charge in [0.2, 0.25) is 0 Å². The molecule has 33 heavy (non-hydrogen) atoms. The number of carbonyl (C=O) groups excluding carboxylic acids is 3. The molecule has 2 amide bonds. The molecule has 0 radical (unpaired) electrons. The fourth-order valence-corrected chi connectivity index (χ4v) is 3.90. The van der Waals surface area contributed by atoms with Crippen LogP contribution in [0.4, 0.5) is 4.39 Å². The normalized spacial score (nSPS) is 14.0. The summed E-state index contributed by atoms with van der Waals surface area (Å²) in [6.45, 7) is 1.02. The Morgan fingerprint density at radius 1 is 1.00 bits per heavy atom. The fraction of sp³-hybridized carbons (Fsp3) is 0.182. The van der Waals surface area contributed by atoms with Crippen molar-refractivity contribution in [1.82, 2.24) is 34.5 Å². The molecule has 0 unspecified atom stereocenters. The van der Waals surface area contributed by atoms with E-state index >= 15 is 0 Å². The van der Waals surface area contributed by atoms with Gasteiger partial charge >= 0.3 is 0 Å². The van der Waals surface area contributed by atoms with Crippen molar-refractivity contribution in [2.45, 2.75) is 0 Å². The number of amides is 2. The lowest BCUT2D eigenvalue weighted by Gasteiger charge is -2.34. The number of nitrogens with zero attached hydrogens (tertiary/aromatic N) is 6. The van der Waals surface area contributed by atoms with Crippen LogP contribution in [0.3, 0.4) is 0 Å². The van der Waals surface area contributed by atoms with E-state index in [0.29, 0.717) is 18.7 Å². The Kier molecular flexibility index (Phi) is 5.13. The summed E-state index contributed by atoms with van der Waals surface area (Å²) < 4.78 is 16.0. The number of Topliss-reactive ketones (excluding diaryl/α,β-unsaturated/α-hetero) is 1. The molecule has 5 rings (SSSR count). The number of rotatable bonds is 4. The van der Waals surface area contributed by atoms with Gasteiger partial charge in [-0.1, -0.05) is 18.2 Å². The van der Waals surface area contributed by atoms with E-state index in [-0.39, 0.29) is 41.3 Å². The van der Waals surface area contributed by atoms with E-state index in [1.165, 1.54) is 28.4 Å². The Morgan fingerprint density at radius 2 is 1.73 bits per heavy atom. The van der Waals surface area contributed by atoms with Crippen molar-refractivity contribution in [3.8, 4) is 5.82 Å². The highest BCUT2D eigenvalue weighted by atomic mass is 19.1. The standard InChI is InChI=1S/C22H18FN7O3/c23-16-11-26-20(30-13-24-12-27-30)18-17(16)15(10-25-18)19(31)22(33)29-8-6-28(7-9-29)21(32)14-4-2-1-3-5-14/h1-5,10-13,25H,6-9H2. The van der Waals surface area contributed by atoms with Gasteiger partial charge in [0.1, 0.15) is 12.7 Å². The number of piperazine rings is 1. The second-order valence-electron chi connectivity index (χ2n) is 7.50. The minimum absolute atomic E-state index is 0.0354. The van der Waals surface area contributed by atoms with E-state index in [9.17, 15) is 18.8 Å². The third kappa shape index (κ3) is 3.63. The average molecular weight is 447 g/mol. The van der Waals surface area contributed by atoms with Crippen molar-refractivity contribution >= 4 is 28.5 Å². The molecule has 3 aromatic heterocycles. The van der Waals surface area contributed by atoms with Crippen LogP contribution in [-0.2, 0) is 4.79 Å². The van der Waals surface area contributed by atoms with Crippen molar-refractivity contribution in [3.63, 3.8) is 0 Å². The van der Waals surface area contributed by atoms with Gasteiger partial charge < -0.3 is 14.8 Å². The molecule has 0 saturated carbocycles. The molecular formula is C22H18FN7O3. The summed E-state index contributed by atoms with van der Waals surface area (Å²) in [4.78, 5) is 52.2. The zero-order chi connectivity index (χ0) is 22.9. The van der Waals surface area contributed by atoms with Gasteiger partial charge in [-0.2, -0.15) is 5.10 Å². The van der Waals surface area contributed by atoms with Crippen molar-refractivity contribution in [3.05, 3.63) is 72.3 Å². The van der Waals surface area contributed by atoms with Gasteiger partial charge in [0.05, 0.1) is 22.7 Å². The first-order valence-electron chi connectivity index (χ1n) is 10.2. The van der Waals surface area contributed by atoms with Gasteiger partial charge in [0, 0.05) is 37.9 Å². The molecule has 4 heterocycles. The van der Waals surface area contributed by atoms with Crippen LogP contribution in [0, 0.1) is 5.82 Å². The van der Waals surface area contributed by atoms with Crippen molar-refractivity contribution in [2.24, 2.45) is 0 Å². The van der Waals surface area contributed by atoms with Crippen molar-refractivity contribution < 1.29 is 18.8 Å². The molecule has 166 valence electrons. The molecule has 10 nitrogen and oxygen atoms in total. The van der Waals surface area contributed by atoms with Crippen LogP contribution < -0.4 is 0 Å². The SMILES string of the molecule is O=C(C(=O)N1CCN(C(=O)c2ccccc2)CC1)c1c[nH]c2c(-n3cncn3)ncc(F)c12. The maximum atomic E-state index is 14.6. The van der Waals surface area contributed by atoms with Crippen LogP contribution >= 0.6 is 0 Å². The fourth-order valence-electron chi connectivity index (χ4n) is 3.90. The van der Waals surface area contributed by atoms with Gasteiger partial charge in [-0.25, -0.2) is 19.0 Å².